The summed E-state index contributed by atoms with van der Waals surface area (Å²) in [6, 6.07) is 20.0. The van der Waals surface area contributed by atoms with E-state index in [0.717, 1.165) is 24.5 Å². The number of thioether (sulfide) groups is 1. The molecule has 2 aliphatic rings. The van der Waals surface area contributed by atoms with Crippen molar-refractivity contribution in [3.8, 4) is 16.9 Å². The second-order valence-electron chi connectivity index (χ2n) is 10.7. The monoisotopic (exact) mass is 606 g/mol. The number of carbonyl (C=O) groups is 2. The molecule has 0 bridgehead atoms. The Hall–Kier alpha value is -3.69. The zero-order chi connectivity index (χ0) is 29.4. The molecule has 10 heteroatoms. The van der Waals surface area contributed by atoms with Crippen LogP contribution in [0.4, 0.5) is 14.6 Å². The second-order valence-corrected chi connectivity index (χ2v) is 12.2. The Morgan fingerprint density at radius 2 is 1.74 bits per heavy atom. The van der Waals surface area contributed by atoms with E-state index < -0.39 is 16.9 Å². The molecule has 1 aromatic heterocycles. The van der Waals surface area contributed by atoms with Gasteiger partial charge in [-0.25, -0.2) is 13.5 Å². The Balaban J connectivity index is 1.59. The average Bonchev–Trinajstić information content (AvgIpc) is 3.31. The summed E-state index contributed by atoms with van der Waals surface area (Å²) in [7, 11) is 0. The molecule has 216 valence electrons. The average molecular weight is 607 g/mol. The van der Waals surface area contributed by atoms with E-state index in [9.17, 15) is 14.0 Å². The molecule has 3 aromatic carbocycles. The lowest BCUT2D eigenvalue weighted by molar-refractivity contribution is -0.132. The molecule has 6 nitrogen and oxygen atoms in total. The van der Waals surface area contributed by atoms with Crippen LogP contribution in [0.15, 0.2) is 72.8 Å². The van der Waals surface area contributed by atoms with Crippen LogP contribution in [0.2, 0.25) is 5.02 Å². The van der Waals surface area contributed by atoms with Crippen molar-refractivity contribution in [2.75, 3.05) is 30.3 Å². The van der Waals surface area contributed by atoms with Gasteiger partial charge in [0, 0.05) is 35.8 Å². The van der Waals surface area contributed by atoms with E-state index in [1.165, 1.54) is 28.8 Å². The van der Waals surface area contributed by atoms with Crippen molar-refractivity contribution in [1.82, 2.24) is 14.7 Å². The summed E-state index contributed by atoms with van der Waals surface area (Å²) in [5.41, 5.74) is 2.57. The molecule has 2 amide bonds. The SMILES string of the molecule is CC1CCN(C(=O)CN2C(=O)CS[C@H](c3ccc(F)cc3F)c3c(-c4ccccc4)nn(-c4ccccc4Cl)c32)CC1. The van der Waals surface area contributed by atoms with E-state index in [1.807, 2.05) is 36.4 Å². The van der Waals surface area contributed by atoms with Gasteiger partial charge in [0.25, 0.3) is 0 Å². The van der Waals surface area contributed by atoms with E-state index >= 15 is 4.39 Å². The van der Waals surface area contributed by atoms with Gasteiger partial charge in [-0.3, -0.25) is 14.5 Å². The van der Waals surface area contributed by atoms with Crippen molar-refractivity contribution >= 4 is 41.0 Å². The molecule has 0 radical (unpaired) electrons. The van der Waals surface area contributed by atoms with Gasteiger partial charge in [-0.15, -0.1) is 11.8 Å². The number of hydrogen-bond donors (Lipinski definition) is 0. The molecule has 6 rings (SSSR count). The Labute approximate surface area is 252 Å². The fourth-order valence-electron chi connectivity index (χ4n) is 5.57. The summed E-state index contributed by atoms with van der Waals surface area (Å²) in [6.45, 7) is 3.24. The highest BCUT2D eigenvalue weighted by Gasteiger charge is 2.39. The van der Waals surface area contributed by atoms with E-state index in [4.69, 9.17) is 16.7 Å². The Morgan fingerprint density at radius 3 is 2.45 bits per heavy atom. The van der Waals surface area contributed by atoms with Gasteiger partial charge < -0.3 is 4.90 Å². The van der Waals surface area contributed by atoms with Gasteiger partial charge in [-0.1, -0.05) is 67.1 Å². The Morgan fingerprint density at radius 1 is 1.02 bits per heavy atom. The number of amides is 2. The number of likely N-dealkylation sites (tertiary alicyclic amines) is 1. The maximum atomic E-state index is 15.4. The first-order chi connectivity index (χ1) is 20.3. The van der Waals surface area contributed by atoms with E-state index in [2.05, 4.69) is 6.92 Å². The van der Waals surface area contributed by atoms with Gasteiger partial charge in [0.2, 0.25) is 11.8 Å². The summed E-state index contributed by atoms with van der Waals surface area (Å²) < 4.78 is 31.0. The normalized spacial score (nSPS) is 17.7. The minimum Gasteiger partial charge on any atom is -0.341 e. The van der Waals surface area contributed by atoms with Crippen molar-refractivity contribution in [1.29, 1.82) is 0 Å². The molecule has 0 unspecified atom stereocenters. The summed E-state index contributed by atoms with van der Waals surface area (Å²) in [4.78, 5) is 30.8. The molecule has 0 aliphatic carbocycles. The molecule has 3 heterocycles. The lowest BCUT2D eigenvalue weighted by atomic mass is 9.98. The standard InChI is InChI=1S/C32H29ClF2N4O2S/c1-20-13-15-37(16-14-20)27(40)18-38-28(41)19-42-31(23-12-11-22(34)17-25(23)35)29-30(21-7-3-2-4-8-21)36-39(32(29)38)26-10-6-5-9-24(26)33/h2-12,17,20,31H,13-16,18-19H2,1H3/t31-/m1/s1. The predicted molar refractivity (Wildman–Crippen MR) is 162 cm³/mol. The van der Waals surface area contributed by atoms with Crippen molar-refractivity contribution < 1.29 is 18.4 Å². The summed E-state index contributed by atoms with van der Waals surface area (Å²) >= 11 is 7.90. The van der Waals surface area contributed by atoms with E-state index in [-0.39, 0.29) is 29.7 Å². The third-order valence-electron chi connectivity index (χ3n) is 7.89. The van der Waals surface area contributed by atoms with Gasteiger partial charge >= 0.3 is 0 Å². The summed E-state index contributed by atoms with van der Waals surface area (Å²) in [5, 5.41) is 4.66. The number of rotatable bonds is 5. The highest BCUT2D eigenvalue weighted by Crippen LogP contribution is 2.49. The first-order valence-electron chi connectivity index (χ1n) is 13.9. The molecule has 42 heavy (non-hydrogen) atoms. The topological polar surface area (TPSA) is 58.4 Å². The van der Waals surface area contributed by atoms with Gasteiger partial charge in [-0.05, 0) is 37.0 Å². The number of carbonyl (C=O) groups excluding carboxylic acids is 2. The zero-order valence-corrected chi connectivity index (χ0v) is 24.5. The van der Waals surface area contributed by atoms with Crippen LogP contribution in [0.3, 0.4) is 0 Å². The number of fused-ring (bicyclic) bond motifs is 1. The van der Waals surface area contributed by atoms with Gasteiger partial charge in [0.1, 0.15) is 24.0 Å². The van der Waals surface area contributed by atoms with E-state index in [1.54, 1.807) is 27.8 Å². The fraction of sp³-hybridized carbons (Fsp3) is 0.281. The van der Waals surface area contributed by atoms with Crippen LogP contribution in [0.25, 0.3) is 16.9 Å². The van der Waals surface area contributed by atoms with Crippen molar-refractivity contribution in [3.63, 3.8) is 0 Å². The maximum absolute atomic E-state index is 15.4. The van der Waals surface area contributed by atoms with Gasteiger partial charge in [0.15, 0.2) is 0 Å². The molecule has 0 saturated carbocycles. The van der Waals surface area contributed by atoms with Gasteiger partial charge in [-0.2, -0.15) is 5.10 Å². The van der Waals surface area contributed by atoms with Gasteiger partial charge in [0.05, 0.1) is 27.4 Å². The molecule has 1 atom stereocenters. The molecule has 1 fully saturated rings. The Kier molecular flexibility index (Phi) is 8.05. The van der Waals surface area contributed by atoms with Crippen LogP contribution in [0.1, 0.15) is 36.1 Å². The second kappa shape index (κ2) is 11.9. The molecule has 0 N–H and O–H groups in total. The number of aromatic nitrogens is 2. The largest absolute Gasteiger partial charge is 0.341 e. The van der Waals surface area contributed by atoms with Crippen LogP contribution < -0.4 is 4.90 Å². The number of benzene rings is 3. The zero-order valence-electron chi connectivity index (χ0n) is 23.0. The van der Waals surface area contributed by atoms with Crippen LogP contribution in [0, 0.1) is 17.6 Å². The highest BCUT2D eigenvalue weighted by molar-refractivity contribution is 8.00. The van der Waals surface area contributed by atoms with Crippen molar-refractivity contribution in [2.45, 2.75) is 25.0 Å². The summed E-state index contributed by atoms with van der Waals surface area (Å²) in [5.74, 6) is -1.00. The molecule has 1 saturated heterocycles. The lowest BCUT2D eigenvalue weighted by Crippen LogP contribution is -2.46. The van der Waals surface area contributed by atoms with Crippen LogP contribution in [-0.4, -0.2) is 51.9 Å². The molecular formula is C32H29ClF2N4O2S. The van der Waals surface area contributed by atoms with Crippen LogP contribution >= 0.6 is 23.4 Å². The molecule has 0 spiro atoms. The number of nitrogens with zero attached hydrogens (tertiary/aromatic N) is 4. The van der Waals surface area contributed by atoms with Crippen LogP contribution in [-0.2, 0) is 9.59 Å². The maximum Gasteiger partial charge on any atom is 0.242 e. The minimum atomic E-state index is -0.720. The molecular weight excluding hydrogens is 578 g/mol. The third-order valence-corrected chi connectivity index (χ3v) is 9.45. The number of halogens is 3. The Bertz CT molecular complexity index is 1640. The first kappa shape index (κ1) is 28.4. The highest BCUT2D eigenvalue weighted by atomic mass is 35.5. The molecule has 4 aromatic rings. The molecule has 2 aliphatic heterocycles. The predicted octanol–water partition coefficient (Wildman–Crippen LogP) is 6.90. The number of para-hydroxylation sites is 1. The third kappa shape index (κ3) is 5.43. The fourth-order valence-corrected chi connectivity index (χ4v) is 7.01. The summed E-state index contributed by atoms with van der Waals surface area (Å²) in [6.07, 6.45) is 1.81. The van der Waals surface area contributed by atoms with Crippen LogP contribution in [0.5, 0.6) is 0 Å². The van der Waals surface area contributed by atoms with E-state index in [0.29, 0.717) is 46.8 Å². The van der Waals surface area contributed by atoms with Crippen molar-refractivity contribution in [3.05, 3.63) is 101 Å². The first-order valence-corrected chi connectivity index (χ1v) is 15.3. The number of hydrogen-bond acceptors (Lipinski definition) is 4. The van der Waals surface area contributed by atoms with Crippen molar-refractivity contribution in [2.24, 2.45) is 5.92 Å². The smallest absolute Gasteiger partial charge is 0.242 e. The minimum absolute atomic E-state index is 0.0166. The quantitative estimate of drug-likeness (QED) is 0.248. The number of anilines is 1. The lowest BCUT2D eigenvalue weighted by Gasteiger charge is -2.32. The number of piperidine rings is 1.